The van der Waals surface area contributed by atoms with Crippen LogP contribution in [0.3, 0.4) is 0 Å². The van der Waals surface area contributed by atoms with Gasteiger partial charge in [-0.15, -0.1) is 0 Å². The Bertz CT molecular complexity index is 1020. The van der Waals surface area contributed by atoms with Gasteiger partial charge in [-0.05, 0) is 54.1 Å². The number of sulfonamides is 1. The Kier molecular flexibility index (Phi) is 6.00. The molecular weight excluding hydrogens is 378 g/mol. The quantitative estimate of drug-likeness (QED) is 0.602. The van der Waals surface area contributed by atoms with E-state index in [1.807, 2.05) is 24.3 Å². The van der Waals surface area contributed by atoms with Crippen LogP contribution >= 0.6 is 0 Å². The molecule has 0 fully saturated rings. The van der Waals surface area contributed by atoms with Crippen LogP contribution in [0.2, 0.25) is 0 Å². The maximum Gasteiger partial charge on any atom is 0.262 e. The highest BCUT2D eigenvalue weighted by Crippen LogP contribution is 2.30. The first kappa shape index (κ1) is 19.5. The van der Waals surface area contributed by atoms with Crippen molar-refractivity contribution < 1.29 is 17.9 Å². The first-order valence-electron chi connectivity index (χ1n) is 8.49. The van der Waals surface area contributed by atoms with Crippen molar-refractivity contribution in [2.75, 3.05) is 24.3 Å². The van der Waals surface area contributed by atoms with E-state index in [1.165, 1.54) is 26.4 Å². The number of anilines is 2. The summed E-state index contributed by atoms with van der Waals surface area (Å²) < 4.78 is 38.1. The van der Waals surface area contributed by atoms with E-state index in [-0.39, 0.29) is 4.90 Å². The summed E-state index contributed by atoms with van der Waals surface area (Å²) in [7, 11) is -0.800. The monoisotopic (exact) mass is 399 g/mol. The van der Waals surface area contributed by atoms with Crippen LogP contribution in [-0.4, -0.2) is 27.6 Å². The van der Waals surface area contributed by atoms with E-state index in [9.17, 15) is 8.42 Å². The normalized spacial score (nSPS) is 10.9. The number of hydrogen-bond donors (Lipinski definition) is 2. The molecule has 0 aliphatic heterocycles. The average Bonchev–Trinajstić information content (AvgIpc) is 2.73. The molecule has 0 spiro atoms. The molecule has 1 aromatic heterocycles. The number of nitrogens with one attached hydrogen (secondary N) is 2. The third-order valence-electron chi connectivity index (χ3n) is 4.05. The van der Waals surface area contributed by atoms with Gasteiger partial charge in [0.1, 0.15) is 0 Å². The van der Waals surface area contributed by atoms with E-state index in [0.29, 0.717) is 23.7 Å². The lowest BCUT2D eigenvalue weighted by atomic mass is 10.2. The van der Waals surface area contributed by atoms with Gasteiger partial charge in [0, 0.05) is 36.4 Å². The van der Waals surface area contributed by atoms with Crippen molar-refractivity contribution in [3.05, 3.63) is 72.6 Å². The Morgan fingerprint density at radius 2 is 1.50 bits per heavy atom. The molecule has 2 N–H and O–H groups in total. The molecule has 2 aromatic carbocycles. The number of aromatic nitrogens is 1. The molecule has 8 heteroatoms. The maximum atomic E-state index is 12.6. The van der Waals surface area contributed by atoms with Crippen LogP contribution in [0.15, 0.2) is 71.9 Å². The van der Waals surface area contributed by atoms with Gasteiger partial charge in [0.05, 0.1) is 19.1 Å². The number of pyridine rings is 1. The fourth-order valence-corrected chi connectivity index (χ4v) is 3.63. The minimum absolute atomic E-state index is 0.0880. The first-order chi connectivity index (χ1) is 13.5. The highest BCUT2D eigenvalue weighted by Gasteiger charge is 2.17. The fraction of sp³-hybridized carbons (Fsp3) is 0.150. The Morgan fingerprint density at radius 1 is 0.857 bits per heavy atom. The molecule has 0 aliphatic carbocycles. The summed E-state index contributed by atoms with van der Waals surface area (Å²) in [6, 6.07) is 15.3. The second-order valence-electron chi connectivity index (χ2n) is 5.91. The van der Waals surface area contributed by atoms with Crippen molar-refractivity contribution in [2.24, 2.45) is 0 Å². The number of ether oxygens (including phenoxy) is 2. The lowest BCUT2D eigenvalue weighted by molar-refractivity contribution is 0.354. The van der Waals surface area contributed by atoms with E-state index in [4.69, 9.17) is 9.47 Å². The highest BCUT2D eigenvalue weighted by atomic mass is 32.2. The molecule has 0 aliphatic rings. The summed E-state index contributed by atoms with van der Waals surface area (Å²) in [4.78, 5) is 4.07. The summed E-state index contributed by atoms with van der Waals surface area (Å²) in [5.74, 6) is 0.812. The van der Waals surface area contributed by atoms with Crippen LogP contribution < -0.4 is 19.5 Å². The van der Waals surface area contributed by atoms with Crippen LogP contribution in [0.5, 0.6) is 11.5 Å². The predicted octanol–water partition coefficient (Wildman–Crippen LogP) is 3.51. The van der Waals surface area contributed by atoms with E-state index in [0.717, 1.165) is 11.3 Å². The molecule has 1 heterocycles. The number of hydrogen-bond acceptors (Lipinski definition) is 6. The number of benzene rings is 2. The van der Waals surface area contributed by atoms with Crippen LogP contribution in [0.1, 0.15) is 5.56 Å². The van der Waals surface area contributed by atoms with Gasteiger partial charge in [0.25, 0.3) is 10.0 Å². The SMILES string of the molecule is COc1ccc(S(=O)(=O)Nc2ccc(NCc3ccncc3)cc2)cc1OC. The molecule has 0 atom stereocenters. The van der Waals surface area contributed by atoms with Crippen molar-refractivity contribution >= 4 is 21.4 Å². The summed E-state index contributed by atoms with van der Waals surface area (Å²) in [5.41, 5.74) is 2.45. The van der Waals surface area contributed by atoms with E-state index in [1.54, 1.807) is 30.6 Å². The smallest absolute Gasteiger partial charge is 0.262 e. The van der Waals surface area contributed by atoms with Crippen LogP contribution in [0.25, 0.3) is 0 Å². The van der Waals surface area contributed by atoms with Crippen LogP contribution in [0, 0.1) is 0 Å². The number of rotatable bonds is 8. The van der Waals surface area contributed by atoms with Gasteiger partial charge in [-0.3, -0.25) is 9.71 Å². The lowest BCUT2D eigenvalue weighted by Gasteiger charge is -2.12. The van der Waals surface area contributed by atoms with Crippen molar-refractivity contribution in [2.45, 2.75) is 11.4 Å². The fourth-order valence-electron chi connectivity index (χ4n) is 2.56. The van der Waals surface area contributed by atoms with Crippen molar-refractivity contribution in [1.82, 2.24) is 4.98 Å². The maximum absolute atomic E-state index is 12.6. The van der Waals surface area contributed by atoms with Gasteiger partial charge >= 0.3 is 0 Å². The third kappa shape index (κ3) is 4.72. The molecular formula is C20H21N3O4S. The molecule has 7 nitrogen and oxygen atoms in total. The van der Waals surface area contributed by atoms with Crippen LogP contribution in [-0.2, 0) is 16.6 Å². The lowest BCUT2D eigenvalue weighted by Crippen LogP contribution is -2.13. The Balaban J connectivity index is 1.69. The second-order valence-corrected chi connectivity index (χ2v) is 7.59. The average molecular weight is 399 g/mol. The molecule has 0 radical (unpaired) electrons. The van der Waals surface area contributed by atoms with Gasteiger partial charge in [0.2, 0.25) is 0 Å². The first-order valence-corrected chi connectivity index (χ1v) is 9.98. The molecule has 3 rings (SSSR count). The number of methoxy groups -OCH3 is 2. The standard InChI is InChI=1S/C20H21N3O4S/c1-26-19-8-7-18(13-20(19)27-2)28(24,25)23-17-5-3-16(4-6-17)22-14-15-9-11-21-12-10-15/h3-13,22-23H,14H2,1-2H3. The minimum atomic E-state index is -3.75. The summed E-state index contributed by atoms with van der Waals surface area (Å²) in [5, 5.41) is 3.27. The van der Waals surface area contributed by atoms with E-state index >= 15 is 0 Å². The van der Waals surface area contributed by atoms with Gasteiger partial charge in [-0.25, -0.2) is 8.42 Å². The summed E-state index contributed by atoms with van der Waals surface area (Å²) in [6.07, 6.45) is 3.48. The largest absolute Gasteiger partial charge is 0.493 e. The Morgan fingerprint density at radius 3 is 2.14 bits per heavy atom. The zero-order chi connectivity index (χ0) is 20.0. The van der Waals surface area contributed by atoms with Gasteiger partial charge in [-0.2, -0.15) is 0 Å². The molecule has 0 unspecified atom stereocenters. The van der Waals surface area contributed by atoms with Crippen molar-refractivity contribution in [3.8, 4) is 11.5 Å². The number of nitrogens with zero attached hydrogens (tertiary/aromatic N) is 1. The predicted molar refractivity (Wildman–Crippen MR) is 108 cm³/mol. The van der Waals surface area contributed by atoms with Crippen molar-refractivity contribution in [1.29, 1.82) is 0 Å². The molecule has 0 saturated carbocycles. The molecule has 0 saturated heterocycles. The molecule has 3 aromatic rings. The summed E-state index contributed by atoms with van der Waals surface area (Å²) >= 11 is 0. The van der Waals surface area contributed by atoms with Crippen LogP contribution in [0.4, 0.5) is 11.4 Å². The summed E-state index contributed by atoms with van der Waals surface area (Å²) in [6.45, 7) is 0.652. The zero-order valence-electron chi connectivity index (χ0n) is 15.5. The molecule has 28 heavy (non-hydrogen) atoms. The Labute approximate surface area is 164 Å². The Hall–Kier alpha value is -3.26. The topological polar surface area (TPSA) is 89.6 Å². The third-order valence-corrected chi connectivity index (χ3v) is 5.43. The van der Waals surface area contributed by atoms with E-state index < -0.39 is 10.0 Å². The minimum Gasteiger partial charge on any atom is -0.493 e. The van der Waals surface area contributed by atoms with Gasteiger partial charge in [0.15, 0.2) is 11.5 Å². The zero-order valence-corrected chi connectivity index (χ0v) is 16.4. The second kappa shape index (κ2) is 8.62. The molecule has 0 amide bonds. The molecule has 0 bridgehead atoms. The van der Waals surface area contributed by atoms with Gasteiger partial charge < -0.3 is 14.8 Å². The molecule has 146 valence electrons. The van der Waals surface area contributed by atoms with Gasteiger partial charge in [-0.1, -0.05) is 0 Å². The van der Waals surface area contributed by atoms with Crippen molar-refractivity contribution in [3.63, 3.8) is 0 Å². The van der Waals surface area contributed by atoms with E-state index in [2.05, 4.69) is 15.0 Å². The highest BCUT2D eigenvalue weighted by molar-refractivity contribution is 7.92.